The molecule has 6 nitrogen and oxygen atoms in total. The Labute approximate surface area is 186 Å². The van der Waals surface area contributed by atoms with Gasteiger partial charge in [0.1, 0.15) is 12.2 Å². The van der Waals surface area contributed by atoms with Gasteiger partial charge in [-0.25, -0.2) is 4.99 Å². The van der Waals surface area contributed by atoms with E-state index in [1.54, 1.807) is 6.08 Å². The molecule has 0 aliphatic carbocycles. The Morgan fingerprint density at radius 1 is 1.19 bits per heavy atom. The Hall–Kier alpha value is -3.37. The topological polar surface area (TPSA) is 85.6 Å². The summed E-state index contributed by atoms with van der Waals surface area (Å²) in [7, 11) is 0. The fourth-order valence-electron chi connectivity index (χ4n) is 2.97. The zero-order valence-electron chi connectivity index (χ0n) is 17.8. The van der Waals surface area contributed by atoms with Crippen LogP contribution in [0.3, 0.4) is 0 Å². The van der Waals surface area contributed by atoms with Crippen molar-refractivity contribution < 1.29 is 9.59 Å². The number of carbonyl (C=O) groups excluding carboxylic acids is 2. The van der Waals surface area contributed by atoms with Crippen LogP contribution in [0, 0.1) is 18.3 Å². The Morgan fingerprint density at radius 2 is 1.87 bits per heavy atom. The quantitative estimate of drug-likeness (QED) is 0.547. The monoisotopic (exact) mass is 432 g/mol. The van der Waals surface area contributed by atoms with E-state index in [0.29, 0.717) is 22.5 Å². The summed E-state index contributed by atoms with van der Waals surface area (Å²) < 4.78 is 0. The molecule has 0 saturated carbocycles. The van der Waals surface area contributed by atoms with Gasteiger partial charge in [0.2, 0.25) is 5.91 Å². The van der Waals surface area contributed by atoms with E-state index >= 15 is 0 Å². The van der Waals surface area contributed by atoms with Crippen LogP contribution in [-0.4, -0.2) is 29.3 Å². The predicted octanol–water partition coefficient (Wildman–Crippen LogP) is 4.24. The first-order valence-corrected chi connectivity index (χ1v) is 11.0. The lowest BCUT2D eigenvalue weighted by atomic mass is 10.0. The summed E-state index contributed by atoms with van der Waals surface area (Å²) in [4.78, 5) is 31.2. The van der Waals surface area contributed by atoms with Crippen molar-refractivity contribution in [2.45, 2.75) is 26.7 Å². The van der Waals surface area contributed by atoms with Crippen molar-refractivity contribution in [3.05, 3.63) is 70.9 Å². The highest BCUT2D eigenvalue weighted by Crippen LogP contribution is 2.29. The third-order valence-electron chi connectivity index (χ3n) is 4.73. The predicted molar refractivity (Wildman–Crippen MR) is 126 cm³/mol. The number of nitrogens with zero attached hydrogens (tertiary/aromatic N) is 3. The van der Waals surface area contributed by atoms with Gasteiger partial charge < -0.3 is 5.32 Å². The standard InChI is InChI=1S/C24H24N4O2S/c1-16(2)19-8-6-18(7-9-19)14-21-23(30)28(20-10-4-17(3)5-11-20)24(27-21)31-15-22(29)26-13-12-25/h4-11,14,16H,13,15H2,1-3H3,(H,26,29)/b21-14+. The van der Waals surface area contributed by atoms with Gasteiger partial charge in [0.25, 0.3) is 5.91 Å². The highest BCUT2D eigenvalue weighted by molar-refractivity contribution is 8.14. The summed E-state index contributed by atoms with van der Waals surface area (Å²) in [5, 5.41) is 11.5. The van der Waals surface area contributed by atoms with Gasteiger partial charge >= 0.3 is 0 Å². The van der Waals surface area contributed by atoms with E-state index in [1.807, 2.05) is 61.5 Å². The van der Waals surface area contributed by atoms with Gasteiger partial charge in [0, 0.05) is 0 Å². The molecule has 0 radical (unpaired) electrons. The second kappa shape index (κ2) is 10.1. The van der Waals surface area contributed by atoms with Crippen LogP contribution in [0.15, 0.2) is 59.2 Å². The number of amides is 2. The van der Waals surface area contributed by atoms with Crippen molar-refractivity contribution in [1.82, 2.24) is 5.32 Å². The third-order valence-corrected chi connectivity index (χ3v) is 5.66. The molecule has 0 unspecified atom stereocenters. The number of amidine groups is 1. The van der Waals surface area contributed by atoms with Crippen LogP contribution >= 0.6 is 11.8 Å². The molecule has 1 N–H and O–H groups in total. The lowest BCUT2D eigenvalue weighted by Crippen LogP contribution is -2.32. The molecule has 158 valence electrons. The smallest absolute Gasteiger partial charge is 0.283 e. The lowest BCUT2D eigenvalue weighted by molar-refractivity contribution is -0.118. The van der Waals surface area contributed by atoms with E-state index in [2.05, 4.69) is 24.2 Å². The second-order valence-electron chi connectivity index (χ2n) is 7.44. The molecule has 2 aromatic carbocycles. The number of aryl methyl sites for hydroxylation is 1. The van der Waals surface area contributed by atoms with Crippen LogP contribution in [0.5, 0.6) is 0 Å². The number of nitrogens with one attached hydrogen (secondary N) is 1. The molecule has 0 spiro atoms. The molecular formula is C24H24N4O2S. The Balaban J connectivity index is 1.88. The van der Waals surface area contributed by atoms with Gasteiger partial charge in [-0.05, 0) is 42.2 Å². The molecule has 2 amide bonds. The number of thioether (sulfide) groups is 1. The van der Waals surface area contributed by atoms with Gasteiger partial charge in [0.15, 0.2) is 5.17 Å². The largest absolute Gasteiger partial charge is 0.342 e. The first-order valence-electron chi connectivity index (χ1n) is 9.97. The van der Waals surface area contributed by atoms with E-state index in [0.717, 1.165) is 11.1 Å². The van der Waals surface area contributed by atoms with Crippen LogP contribution in [0.4, 0.5) is 5.69 Å². The summed E-state index contributed by atoms with van der Waals surface area (Å²) in [6.45, 7) is 6.19. The minimum absolute atomic E-state index is 0.0516. The van der Waals surface area contributed by atoms with E-state index < -0.39 is 0 Å². The van der Waals surface area contributed by atoms with Crippen LogP contribution in [-0.2, 0) is 9.59 Å². The van der Waals surface area contributed by atoms with E-state index in [1.165, 1.54) is 22.2 Å². The molecule has 0 aromatic heterocycles. The highest BCUT2D eigenvalue weighted by Gasteiger charge is 2.32. The molecule has 0 saturated heterocycles. The van der Waals surface area contributed by atoms with Gasteiger partial charge in [0.05, 0.1) is 17.5 Å². The molecule has 0 atom stereocenters. The second-order valence-corrected chi connectivity index (χ2v) is 8.39. The summed E-state index contributed by atoms with van der Waals surface area (Å²) in [6.07, 6.45) is 1.76. The summed E-state index contributed by atoms with van der Waals surface area (Å²) in [5.41, 5.74) is 4.21. The van der Waals surface area contributed by atoms with Crippen molar-refractivity contribution in [3.63, 3.8) is 0 Å². The minimum atomic E-state index is -0.285. The number of nitriles is 1. The number of hydrogen-bond acceptors (Lipinski definition) is 5. The van der Waals surface area contributed by atoms with E-state index in [9.17, 15) is 9.59 Å². The number of rotatable bonds is 6. The first kappa shape index (κ1) is 22.3. The molecule has 1 aliphatic heterocycles. The van der Waals surface area contributed by atoms with Crippen LogP contribution in [0.2, 0.25) is 0 Å². The molecule has 0 fully saturated rings. The maximum absolute atomic E-state index is 13.2. The van der Waals surface area contributed by atoms with Gasteiger partial charge in [-0.15, -0.1) is 0 Å². The Morgan fingerprint density at radius 3 is 2.48 bits per heavy atom. The number of aliphatic imine (C=N–C) groups is 1. The molecule has 1 aliphatic rings. The normalized spacial score (nSPS) is 14.7. The lowest BCUT2D eigenvalue weighted by Gasteiger charge is -2.17. The Kier molecular flexibility index (Phi) is 7.27. The third kappa shape index (κ3) is 5.62. The molecule has 2 aromatic rings. The summed E-state index contributed by atoms with van der Waals surface area (Å²) in [6, 6.07) is 17.5. The molecule has 0 bridgehead atoms. The zero-order valence-corrected chi connectivity index (χ0v) is 18.6. The Bertz CT molecular complexity index is 1060. The molecular weight excluding hydrogens is 408 g/mol. The van der Waals surface area contributed by atoms with Crippen molar-refractivity contribution >= 4 is 40.5 Å². The van der Waals surface area contributed by atoms with Crippen LogP contribution in [0.1, 0.15) is 36.5 Å². The number of hydrogen-bond donors (Lipinski definition) is 1. The first-order chi connectivity index (χ1) is 14.9. The maximum Gasteiger partial charge on any atom is 0.283 e. The number of benzene rings is 2. The number of carbonyl (C=O) groups is 2. The average Bonchev–Trinajstić information content (AvgIpc) is 3.06. The molecule has 1 heterocycles. The highest BCUT2D eigenvalue weighted by atomic mass is 32.2. The fourth-order valence-corrected chi connectivity index (χ4v) is 3.81. The van der Waals surface area contributed by atoms with Crippen molar-refractivity contribution in [2.75, 3.05) is 17.2 Å². The molecule has 7 heteroatoms. The summed E-state index contributed by atoms with van der Waals surface area (Å²) in [5.74, 6) is -0.0315. The number of anilines is 1. The minimum Gasteiger partial charge on any atom is -0.342 e. The van der Waals surface area contributed by atoms with Gasteiger partial charge in [-0.3, -0.25) is 14.5 Å². The SMILES string of the molecule is Cc1ccc(N2C(=O)/C(=C\c3ccc(C(C)C)cc3)N=C2SCC(=O)NCC#N)cc1. The zero-order chi connectivity index (χ0) is 22.4. The van der Waals surface area contributed by atoms with Crippen LogP contribution < -0.4 is 10.2 Å². The fraction of sp³-hybridized carbons (Fsp3) is 0.250. The van der Waals surface area contributed by atoms with Gasteiger partial charge in [-0.2, -0.15) is 5.26 Å². The van der Waals surface area contributed by atoms with Crippen molar-refractivity contribution in [1.29, 1.82) is 5.26 Å². The van der Waals surface area contributed by atoms with E-state index in [4.69, 9.17) is 5.26 Å². The van der Waals surface area contributed by atoms with E-state index in [-0.39, 0.29) is 24.1 Å². The average molecular weight is 433 g/mol. The molecule has 3 rings (SSSR count). The summed E-state index contributed by atoms with van der Waals surface area (Å²) >= 11 is 1.17. The molecule has 31 heavy (non-hydrogen) atoms. The van der Waals surface area contributed by atoms with Crippen LogP contribution in [0.25, 0.3) is 6.08 Å². The van der Waals surface area contributed by atoms with Crippen molar-refractivity contribution in [3.8, 4) is 6.07 Å². The maximum atomic E-state index is 13.2. The van der Waals surface area contributed by atoms with Gasteiger partial charge in [-0.1, -0.05) is 67.6 Å². The van der Waals surface area contributed by atoms with Crippen molar-refractivity contribution in [2.24, 2.45) is 4.99 Å².